The molecule has 8 atom stereocenters. The Morgan fingerprint density at radius 3 is 1.91 bits per heavy atom. The lowest BCUT2D eigenvalue weighted by Crippen LogP contribution is -2.77. The van der Waals surface area contributed by atoms with Gasteiger partial charge in [-0.2, -0.15) is 8.42 Å². The Kier molecular flexibility index (Phi) is 7.91. The molecule has 17 nitrogen and oxygen atoms in total. The van der Waals surface area contributed by atoms with Gasteiger partial charge in [-0.1, -0.05) is 0 Å². The van der Waals surface area contributed by atoms with Crippen molar-refractivity contribution in [1.29, 1.82) is 0 Å². The average molecular weight is 892 g/mol. The van der Waals surface area contributed by atoms with Gasteiger partial charge in [-0.05, 0) is 81.8 Å². The number of H-pyrrole nitrogens is 2. The van der Waals surface area contributed by atoms with E-state index in [1.54, 1.807) is 0 Å². The topological polar surface area (TPSA) is 274 Å². The number of carbonyl (C=O) groups excluding carboxylic acids is 2. The van der Waals surface area contributed by atoms with E-state index in [4.69, 9.17) is 16.2 Å². The van der Waals surface area contributed by atoms with Crippen molar-refractivity contribution in [3.63, 3.8) is 0 Å². The number of hydrogen-bond acceptors (Lipinski definition) is 12. The summed E-state index contributed by atoms with van der Waals surface area (Å²) in [5, 5.41) is 21.4. The lowest BCUT2D eigenvalue weighted by Gasteiger charge is -2.52. The van der Waals surface area contributed by atoms with Gasteiger partial charge < -0.3 is 52.5 Å². The molecular formula is C22H24Br4N10O7S. The van der Waals surface area contributed by atoms with Gasteiger partial charge in [0.05, 0.1) is 18.2 Å². The highest BCUT2D eigenvalue weighted by Crippen LogP contribution is 2.59. The molecule has 0 aromatic carbocycles. The summed E-state index contributed by atoms with van der Waals surface area (Å²) in [7, 11) is -5.00. The number of nitrogens with zero attached hydrogens (tertiary/aromatic N) is 2. The van der Waals surface area contributed by atoms with E-state index in [0.29, 0.717) is 18.2 Å². The Bertz CT molecular complexity index is 1690. The van der Waals surface area contributed by atoms with Crippen LogP contribution in [0.5, 0.6) is 0 Å². The fourth-order valence-electron chi connectivity index (χ4n) is 6.85. The molecule has 3 aliphatic heterocycles. The lowest BCUT2D eigenvalue weighted by molar-refractivity contribution is -0.233. The van der Waals surface area contributed by atoms with Crippen LogP contribution in [-0.4, -0.2) is 93.8 Å². The van der Waals surface area contributed by atoms with E-state index in [9.17, 15) is 27.7 Å². The summed E-state index contributed by atoms with van der Waals surface area (Å²) in [5.74, 6) is -4.90. The van der Waals surface area contributed by atoms with Crippen LogP contribution < -0.4 is 32.7 Å². The number of rotatable bonds is 7. The van der Waals surface area contributed by atoms with Gasteiger partial charge in [0.15, 0.2) is 23.9 Å². The minimum atomic E-state index is -5.00. The number of fused-ring (bicyclic) bond motifs is 2. The maximum Gasteiger partial charge on any atom is 0.270 e. The molecule has 0 unspecified atom stereocenters. The van der Waals surface area contributed by atoms with Crippen molar-refractivity contribution in [3.8, 4) is 0 Å². The summed E-state index contributed by atoms with van der Waals surface area (Å²) in [5.41, 5.74) is 8.29. The second kappa shape index (κ2) is 11.0. The van der Waals surface area contributed by atoms with Crippen LogP contribution in [0.2, 0.25) is 0 Å². The number of guanidine groups is 2. The van der Waals surface area contributed by atoms with E-state index in [2.05, 4.69) is 105 Å². The summed E-state index contributed by atoms with van der Waals surface area (Å²) in [4.78, 5) is 40.4. The number of aliphatic hydroxyl groups is 1. The minimum absolute atomic E-state index is 0.151. The first-order valence-electron chi connectivity index (χ1n) is 12.8. The molecule has 1 aliphatic carbocycles. The molecule has 2 aromatic heterocycles. The Morgan fingerprint density at radius 2 is 1.41 bits per heavy atom. The van der Waals surface area contributed by atoms with Crippen LogP contribution in [-0.2, 0) is 14.9 Å². The van der Waals surface area contributed by atoms with Gasteiger partial charge in [0.1, 0.15) is 22.2 Å². The largest absolute Gasteiger partial charge is 0.370 e. The van der Waals surface area contributed by atoms with Gasteiger partial charge in [0, 0.05) is 24.9 Å². The van der Waals surface area contributed by atoms with Crippen molar-refractivity contribution >= 4 is 97.6 Å². The van der Waals surface area contributed by atoms with Crippen molar-refractivity contribution in [1.82, 2.24) is 31.2 Å². The van der Waals surface area contributed by atoms with Gasteiger partial charge in [0.2, 0.25) is 6.23 Å². The Labute approximate surface area is 282 Å². The molecule has 2 amide bonds. The van der Waals surface area contributed by atoms with E-state index >= 15 is 0 Å². The molecule has 2 fully saturated rings. The Morgan fingerprint density at radius 1 is 0.909 bits per heavy atom. The minimum Gasteiger partial charge on any atom is -0.370 e. The second-order valence-electron chi connectivity index (χ2n) is 10.7. The predicted octanol–water partition coefficient (Wildman–Crippen LogP) is -0.383. The normalized spacial score (nSPS) is 33.8. The van der Waals surface area contributed by atoms with Crippen molar-refractivity contribution in [3.05, 3.63) is 41.7 Å². The lowest BCUT2D eigenvalue weighted by atomic mass is 9.71. The van der Waals surface area contributed by atoms with Crippen LogP contribution in [0.1, 0.15) is 21.0 Å². The highest BCUT2D eigenvalue weighted by molar-refractivity contribution is 9.13. The zero-order chi connectivity index (χ0) is 31.9. The van der Waals surface area contributed by atoms with E-state index in [-0.39, 0.29) is 36.4 Å². The molecular weight excluding hydrogens is 868 g/mol. The molecule has 0 radical (unpaired) electrons. The number of amides is 2. The van der Waals surface area contributed by atoms with Gasteiger partial charge in [-0.3, -0.25) is 14.1 Å². The van der Waals surface area contributed by atoms with Crippen molar-refractivity contribution in [2.75, 3.05) is 13.1 Å². The van der Waals surface area contributed by atoms with Crippen LogP contribution >= 0.6 is 63.7 Å². The Hall–Kier alpha value is -2.21. The first kappa shape index (κ1) is 31.8. The van der Waals surface area contributed by atoms with Crippen LogP contribution in [0.25, 0.3) is 0 Å². The first-order valence-corrected chi connectivity index (χ1v) is 17.4. The summed E-state index contributed by atoms with van der Waals surface area (Å²) in [6.45, 7) is -0.572. The highest BCUT2D eigenvalue weighted by atomic mass is 79.9. The fourth-order valence-corrected chi connectivity index (χ4v) is 9.72. The van der Waals surface area contributed by atoms with Crippen LogP contribution in [0.3, 0.4) is 0 Å². The predicted molar refractivity (Wildman–Crippen MR) is 169 cm³/mol. The molecule has 4 aliphatic rings. The zero-order valence-electron chi connectivity index (χ0n) is 21.9. The summed E-state index contributed by atoms with van der Waals surface area (Å²) >= 11 is 13.2. The van der Waals surface area contributed by atoms with E-state index in [1.807, 2.05) is 0 Å². The van der Waals surface area contributed by atoms with Crippen LogP contribution in [0.4, 0.5) is 0 Å². The molecule has 1 saturated carbocycles. The Balaban J connectivity index is 1.42. The average Bonchev–Trinajstić information content (AvgIpc) is 3.68. The number of aromatic amines is 2. The third-order valence-corrected chi connectivity index (χ3v) is 13.3. The van der Waals surface area contributed by atoms with Gasteiger partial charge in [0.25, 0.3) is 21.9 Å². The van der Waals surface area contributed by atoms with Crippen LogP contribution in [0.15, 0.2) is 40.3 Å². The summed E-state index contributed by atoms with van der Waals surface area (Å²) in [6, 6.07) is 3.05. The van der Waals surface area contributed by atoms with Crippen LogP contribution in [0, 0.1) is 17.8 Å². The quantitative estimate of drug-likeness (QED) is 0.160. The maximum absolute atomic E-state index is 13.3. The number of nitrogens with one attached hydrogen (secondary N) is 6. The number of carbonyl (C=O) groups is 2. The number of halogens is 4. The van der Waals surface area contributed by atoms with E-state index in [0.717, 1.165) is 0 Å². The molecule has 22 heteroatoms. The fraction of sp³-hybridized carbons (Fsp3) is 0.455. The number of hydrogen-bond donors (Lipinski definition) is 10. The molecule has 5 heterocycles. The van der Waals surface area contributed by atoms with Gasteiger partial charge in [-0.25, -0.2) is 9.98 Å². The third-order valence-electron chi connectivity index (χ3n) is 8.31. The molecule has 6 rings (SSSR count). The number of nitrogens with two attached hydrogens (primary N) is 2. The summed E-state index contributed by atoms with van der Waals surface area (Å²) < 4.78 is 45.5. The molecule has 0 bridgehead atoms. The monoisotopic (exact) mass is 888 g/mol. The third kappa shape index (κ3) is 4.97. The molecule has 44 heavy (non-hydrogen) atoms. The second-order valence-corrected chi connectivity index (χ2v) is 15.6. The smallest absolute Gasteiger partial charge is 0.270 e. The van der Waals surface area contributed by atoms with Gasteiger partial charge >= 0.3 is 0 Å². The number of aromatic nitrogens is 2. The molecule has 2 aromatic rings. The van der Waals surface area contributed by atoms with Gasteiger partial charge in [-0.15, -0.1) is 0 Å². The molecule has 238 valence electrons. The molecule has 1 spiro atoms. The van der Waals surface area contributed by atoms with E-state index < -0.39 is 68.7 Å². The van der Waals surface area contributed by atoms with E-state index in [1.165, 1.54) is 12.1 Å². The van der Waals surface area contributed by atoms with Crippen molar-refractivity contribution < 1.29 is 32.4 Å². The van der Waals surface area contributed by atoms with Crippen molar-refractivity contribution in [2.45, 2.75) is 29.0 Å². The maximum atomic E-state index is 13.3. The summed E-state index contributed by atoms with van der Waals surface area (Å²) in [6.07, 6.45) is -2.70. The first-order chi connectivity index (χ1) is 20.6. The molecule has 1 saturated heterocycles. The van der Waals surface area contributed by atoms with Crippen molar-refractivity contribution in [2.24, 2.45) is 39.2 Å². The molecule has 12 N–H and O–H groups in total. The highest BCUT2D eigenvalue weighted by Gasteiger charge is 2.79. The number of aliphatic imine (C=N–C) groups is 2. The number of ether oxygens (including phenoxy) is 1. The zero-order valence-corrected chi connectivity index (χ0v) is 29.1. The standard InChI is InChI=1S/C22H24Br4N10O7S/c23-7-1-9(31-13(7)25)15(37)29-3-5-6(4-30-16(38)10-2-8(24)14(26)32-10)12(44(40,41)42)21-11(5)22(39)18(34-20(28)36-22)43-17(21)33-19(27)35-21/h1-2,5-6,11-12,17-18,31-32,39H,3-4H2,(H,29,37)(H,30,38)(H3,27,33,35)(H3,28,34,36)(H,40,41,42)/t5-,6+,11-,12-,17-,18+,21-,22+/m0/s1. The SMILES string of the molecule is NC1=N[C@@H]2O[C@@H]3N=C(N)N[C@]34[C@H]([C@@H](CNC(=O)c3cc(Br)c(Br)[nH]3)[C@@H](CNC(=O)c3cc(Br)c(Br)[nH]3)[C@@H]4S(=O)(=O)O)[C@]2(O)N1.